The number of aliphatic imine (C=N–C) groups is 2. The van der Waals surface area contributed by atoms with Crippen molar-refractivity contribution in [2.45, 2.75) is 95.7 Å². The molecule has 1 unspecified atom stereocenters. The normalized spacial score (nSPS) is 30.6. The van der Waals surface area contributed by atoms with Gasteiger partial charge in [0, 0.05) is 24.1 Å². The molecule has 6 rings (SSSR count). The number of amides is 4. The Morgan fingerprint density at radius 3 is 2.60 bits per heavy atom. The minimum Gasteiger partial charge on any atom is -0.474 e. The van der Waals surface area contributed by atoms with Crippen LogP contribution in [0, 0.1) is 5.92 Å². The van der Waals surface area contributed by atoms with Crippen molar-refractivity contribution >= 4 is 57.7 Å². The first-order valence-electron chi connectivity index (χ1n) is 16.3. The van der Waals surface area contributed by atoms with E-state index in [1.54, 1.807) is 10.3 Å². The van der Waals surface area contributed by atoms with E-state index in [-0.39, 0.29) is 41.8 Å². The monoisotopic (exact) mass is 679 g/mol. The van der Waals surface area contributed by atoms with Crippen LogP contribution in [-0.4, -0.2) is 93.1 Å². The number of fused-ring (bicyclic) bond motifs is 6. The summed E-state index contributed by atoms with van der Waals surface area (Å²) in [6.07, 6.45) is 1.92. The summed E-state index contributed by atoms with van der Waals surface area (Å²) in [5.74, 6) is -0.360. The summed E-state index contributed by atoms with van der Waals surface area (Å²) in [6.45, 7) is 8.21. The Morgan fingerprint density at radius 1 is 1.04 bits per heavy atom. The highest BCUT2D eigenvalue weighted by Gasteiger charge is 2.44. The Balaban J connectivity index is 1.35. The zero-order valence-electron chi connectivity index (χ0n) is 27.0. The van der Waals surface area contributed by atoms with Gasteiger partial charge in [-0.3, -0.25) is 24.2 Å². The number of thiazole rings is 1. The molecule has 1 aromatic carbocycles. The second-order valence-electron chi connectivity index (χ2n) is 12.6. The molecule has 0 radical (unpaired) electrons. The molecule has 0 aliphatic carbocycles. The van der Waals surface area contributed by atoms with Crippen molar-refractivity contribution in [2.75, 3.05) is 12.3 Å². The van der Waals surface area contributed by atoms with Crippen molar-refractivity contribution in [2.24, 2.45) is 15.9 Å². The van der Waals surface area contributed by atoms with E-state index < -0.39 is 42.2 Å². The van der Waals surface area contributed by atoms with Gasteiger partial charge < -0.3 is 25.6 Å². The Labute approximate surface area is 282 Å². The minimum atomic E-state index is -0.872. The molecule has 1 saturated heterocycles. The number of benzene rings is 1. The third-order valence-corrected chi connectivity index (χ3v) is 11.4. The maximum Gasteiger partial charge on any atom is 0.271 e. The lowest BCUT2D eigenvalue weighted by molar-refractivity contribution is -0.133. The van der Waals surface area contributed by atoms with Crippen molar-refractivity contribution in [1.29, 1.82) is 0 Å². The third kappa shape index (κ3) is 7.08. The lowest BCUT2D eigenvalue weighted by atomic mass is 9.99. The summed E-state index contributed by atoms with van der Waals surface area (Å²) >= 11 is 2.75. The smallest absolute Gasteiger partial charge is 0.271 e. The van der Waals surface area contributed by atoms with Crippen LogP contribution in [-0.2, 0) is 25.5 Å². The van der Waals surface area contributed by atoms with Crippen LogP contribution in [0.25, 0.3) is 0 Å². The number of carbonyl (C=O) groups is 4. The van der Waals surface area contributed by atoms with Gasteiger partial charge in [0.05, 0.1) is 17.1 Å². The number of ether oxygens (including phenoxy) is 1. The van der Waals surface area contributed by atoms with Crippen LogP contribution in [0.1, 0.15) is 74.1 Å². The Bertz CT molecular complexity index is 1580. The molecule has 1 fully saturated rings. The molecule has 14 heteroatoms. The molecular weight excluding hydrogens is 639 g/mol. The molecule has 0 spiro atoms. The van der Waals surface area contributed by atoms with Crippen LogP contribution in [0.15, 0.2) is 45.7 Å². The van der Waals surface area contributed by atoms with E-state index in [0.717, 1.165) is 18.4 Å². The standard InChI is InChI=1S/C33H41N7O5S2/c1-5-17(2)25-32-37-22(16-47-32)27(41)34-18(3)31-36-23(15-46-31)28(42)35-21(14-20-10-7-6-8-11-20)33(44)40-13-9-12-24(40)30-39-26(19(4)45-30)29(43)38-25/h6-8,10-11,15,17-19,21-22,24-26H,5,9,12-14,16H2,1-4H3,(H,34,41)(H,35,42)(H,38,43)/t17?,18-,19+,21-,22-,24-,25+,26-/m0/s1. The fourth-order valence-corrected chi connectivity index (χ4v) is 8.35. The van der Waals surface area contributed by atoms with Crippen molar-refractivity contribution in [3.8, 4) is 0 Å². The molecule has 5 heterocycles. The van der Waals surface area contributed by atoms with Gasteiger partial charge in [0.15, 0.2) is 6.04 Å². The number of nitrogens with one attached hydrogen (secondary N) is 3. The zero-order chi connectivity index (χ0) is 33.2. The van der Waals surface area contributed by atoms with E-state index in [4.69, 9.17) is 14.7 Å². The highest BCUT2D eigenvalue weighted by molar-refractivity contribution is 8.14. The molecule has 1 aromatic heterocycles. The van der Waals surface area contributed by atoms with Crippen molar-refractivity contribution < 1.29 is 23.9 Å². The van der Waals surface area contributed by atoms with Crippen LogP contribution >= 0.6 is 23.1 Å². The van der Waals surface area contributed by atoms with Crippen LogP contribution in [0.5, 0.6) is 0 Å². The Morgan fingerprint density at radius 2 is 1.83 bits per heavy atom. The number of nitrogens with zero attached hydrogens (tertiary/aromatic N) is 4. The summed E-state index contributed by atoms with van der Waals surface area (Å²) < 4.78 is 6.18. The molecule has 4 aliphatic rings. The average molecular weight is 680 g/mol. The van der Waals surface area contributed by atoms with Crippen molar-refractivity contribution in [3.05, 3.63) is 52.0 Å². The molecule has 47 heavy (non-hydrogen) atoms. The van der Waals surface area contributed by atoms with Gasteiger partial charge in [0.25, 0.3) is 5.91 Å². The zero-order valence-corrected chi connectivity index (χ0v) is 28.6. The van der Waals surface area contributed by atoms with E-state index in [1.807, 2.05) is 44.2 Å². The number of rotatable bonds is 4. The molecule has 12 nitrogen and oxygen atoms in total. The third-order valence-electron chi connectivity index (χ3n) is 9.23. The number of carbonyl (C=O) groups excluding carboxylic acids is 4. The molecular formula is C33H41N7O5S2. The topological polar surface area (TPSA) is 154 Å². The molecule has 4 aliphatic heterocycles. The first kappa shape index (κ1) is 33.1. The van der Waals surface area contributed by atoms with Gasteiger partial charge in [-0.15, -0.1) is 23.1 Å². The fourth-order valence-electron chi connectivity index (χ4n) is 6.31. The second-order valence-corrected chi connectivity index (χ2v) is 14.5. The summed E-state index contributed by atoms with van der Waals surface area (Å²) in [5, 5.41) is 12.0. The number of thioether (sulfide) groups is 1. The van der Waals surface area contributed by atoms with Gasteiger partial charge in [0.2, 0.25) is 23.6 Å². The van der Waals surface area contributed by atoms with Gasteiger partial charge in [-0.05, 0) is 38.2 Å². The van der Waals surface area contributed by atoms with Gasteiger partial charge in [-0.25, -0.2) is 9.98 Å². The quantitative estimate of drug-likeness (QED) is 0.449. The number of hydrogen-bond donors (Lipinski definition) is 3. The van der Waals surface area contributed by atoms with E-state index in [2.05, 4.69) is 34.8 Å². The summed E-state index contributed by atoms with van der Waals surface area (Å²) in [5.41, 5.74) is 1.08. The SMILES string of the molecule is CCC(C)[C@H]1NC(=O)[C@H]2N=C(O[C@@H]2C)[C@@H]2CCCN2C(=O)[C@H](Cc2ccccc2)NC(=O)c2csc(n2)[C@H](C)NC(=O)[C@@H]2CSC1=N2. The summed E-state index contributed by atoms with van der Waals surface area (Å²) in [6, 6.07) is 5.96. The summed E-state index contributed by atoms with van der Waals surface area (Å²) in [4.78, 5) is 70.6. The molecule has 6 bridgehead atoms. The predicted molar refractivity (Wildman–Crippen MR) is 182 cm³/mol. The Kier molecular flexibility index (Phi) is 9.97. The van der Waals surface area contributed by atoms with Crippen LogP contribution in [0.3, 0.4) is 0 Å². The maximum absolute atomic E-state index is 14.2. The molecule has 4 amide bonds. The average Bonchev–Trinajstić information content (AvgIpc) is 3.89. The van der Waals surface area contributed by atoms with Gasteiger partial charge in [-0.2, -0.15) is 0 Å². The second kappa shape index (κ2) is 14.1. The summed E-state index contributed by atoms with van der Waals surface area (Å²) in [7, 11) is 0. The highest BCUT2D eigenvalue weighted by Crippen LogP contribution is 2.29. The van der Waals surface area contributed by atoms with E-state index in [0.29, 0.717) is 34.7 Å². The Hall–Kier alpha value is -3.78. The minimum absolute atomic E-state index is 0.0666. The molecule has 2 aromatic rings. The van der Waals surface area contributed by atoms with E-state index >= 15 is 0 Å². The van der Waals surface area contributed by atoms with Gasteiger partial charge in [-0.1, -0.05) is 50.6 Å². The largest absolute Gasteiger partial charge is 0.474 e. The van der Waals surface area contributed by atoms with E-state index in [9.17, 15) is 19.2 Å². The number of aromatic nitrogens is 1. The maximum atomic E-state index is 14.2. The lowest BCUT2D eigenvalue weighted by Crippen LogP contribution is -2.52. The van der Waals surface area contributed by atoms with Gasteiger partial charge >= 0.3 is 0 Å². The fraction of sp³-hybridized carbons (Fsp3) is 0.545. The lowest BCUT2D eigenvalue weighted by Gasteiger charge is -2.29. The van der Waals surface area contributed by atoms with Gasteiger partial charge in [0.1, 0.15) is 34.9 Å². The van der Waals surface area contributed by atoms with Crippen molar-refractivity contribution in [1.82, 2.24) is 25.8 Å². The predicted octanol–water partition coefficient (Wildman–Crippen LogP) is 2.90. The van der Waals surface area contributed by atoms with Crippen LogP contribution < -0.4 is 16.0 Å². The van der Waals surface area contributed by atoms with Crippen molar-refractivity contribution in [3.63, 3.8) is 0 Å². The molecule has 8 atom stereocenters. The molecule has 0 saturated carbocycles. The first-order chi connectivity index (χ1) is 22.6. The highest BCUT2D eigenvalue weighted by atomic mass is 32.2. The first-order valence-corrected chi connectivity index (χ1v) is 18.2. The molecule has 3 N–H and O–H groups in total. The number of hydrogen-bond acceptors (Lipinski definition) is 10. The molecule has 250 valence electrons. The van der Waals surface area contributed by atoms with Crippen LogP contribution in [0.2, 0.25) is 0 Å². The van der Waals surface area contributed by atoms with Crippen LogP contribution in [0.4, 0.5) is 0 Å². The van der Waals surface area contributed by atoms with E-state index in [1.165, 1.54) is 23.1 Å².